The fourth-order valence-electron chi connectivity index (χ4n) is 10.1. The standard InChI is InChI=1S/C51H66N6O8/c1-9-56-44-17-16-35-27-40(44)41(46(56)39-14-11-10-13-34(39)19-22-64-8)28-51(5,6)30-65-50(63)42-15-12-20-57(53-42)49(62)43(25-33-23-37(35)26-38(59)24-33)52-47(60)45(31(2)3)54(7)48(61)36-18-21-55(29-36)32(4)58/h10-11,13-14,16-17,23-24,26-27,31,36,42-43,45,53,59H,9,12,15,18-22,25,28-30H2,1-8H3,(H,52,60)/t36-,42-,43-,45?/m0/s1. The number of likely N-dealkylation sites (N-methyl/N-ethyl adjacent to an activating group) is 1. The molecule has 6 bridgehead atoms. The predicted octanol–water partition coefficient (Wildman–Crippen LogP) is 5.89. The molecule has 4 amide bonds. The summed E-state index contributed by atoms with van der Waals surface area (Å²) in [5.74, 6) is -2.54. The van der Waals surface area contributed by atoms with Gasteiger partial charge in [0.2, 0.25) is 17.7 Å². The van der Waals surface area contributed by atoms with Crippen LogP contribution >= 0.6 is 0 Å². The number of hydrogen-bond donors (Lipinski definition) is 3. The minimum absolute atomic E-state index is 0.00485. The molecule has 14 nitrogen and oxygen atoms in total. The zero-order chi connectivity index (χ0) is 46.7. The third-order valence-electron chi connectivity index (χ3n) is 13.3. The molecule has 348 valence electrons. The fraction of sp³-hybridized carbons (Fsp3) is 0.510. The topological polar surface area (TPSA) is 163 Å². The Balaban J connectivity index is 1.31. The van der Waals surface area contributed by atoms with E-state index < -0.39 is 47.2 Å². The van der Waals surface area contributed by atoms with E-state index in [1.807, 2.05) is 26.0 Å². The van der Waals surface area contributed by atoms with Crippen molar-refractivity contribution in [2.45, 2.75) is 105 Å². The molecule has 3 aliphatic rings. The molecule has 4 aromatic rings. The van der Waals surface area contributed by atoms with Crippen LogP contribution in [0.1, 0.15) is 77.5 Å². The summed E-state index contributed by atoms with van der Waals surface area (Å²) in [6.07, 6.45) is 2.81. The number of esters is 1. The van der Waals surface area contributed by atoms with Crippen LogP contribution in [0, 0.1) is 17.3 Å². The molecule has 0 spiro atoms. The van der Waals surface area contributed by atoms with Gasteiger partial charge < -0.3 is 34.3 Å². The summed E-state index contributed by atoms with van der Waals surface area (Å²) >= 11 is 0. The number of aromatic nitrogens is 1. The number of fused-ring (bicyclic) bond motifs is 6. The maximum absolute atomic E-state index is 14.7. The highest BCUT2D eigenvalue weighted by atomic mass is 16.5. The Labute approximate surface area is 382 Å². The number of aryl methyl sites for hydroxylation is 1. The molecule has 2 saturated heterocycles. The Morgan fingerprint density at radius 3 is 2.51 bits per heavy atom. The summed E-state index contributed by atoms with van der Waals surface area (Å²) in [7, 11) is 3.31. The highest BCUT2D eigenvalue weighted by Gasteiger charge is 2.40. The maximum atomic E-state index is 14.7. The predicted molar refractivity (Wildman–Crippen MR) is 249 cm³/mol. The lowest BCUT2D eigenvalue weighted by atomic mass is 9.83. The van der Waals surface area contributed by atoms with Crippen molar-refractivity contribution in [3.8, 4) is 28.1 Å². The number of cyclic esters (lactones) is 1. The third-order valence-corrected chi connectivity index (χ3v) is 13.3. The molecule has 7 rings (SSSR count). The number of nitrogens with zero attached hydrogens (tertiary/aromatic N) is 4. The number of hydrogen-bond acceptors (Lipinski definition) is 9. The van der Waals surface area contributed by atoms with Gasteiger partial charge in [-0.1, -0.05) is 64.1 Å². The highest BCUT2D eigenvalue weighted by molar-refractivity contribution is 5.96. The third kappa shape index (κ3) is 10.2. The van der Waals surface area contributed by atoms with E-state index in [0.717, 1.165) is 45.3 Å². The van der Waals surface area contributed by atoms with E-state index >= 15 is 0 Å². The Hall–Kier alpha value is -5.73. The number of methoxy groups -OCH3 is 1. The number of carbonyl (C=O) groups is 5. The number of phenolic OH excluding ortho intramolecular Hbond substituents is 1. The number of benzene rings is 3. The van der Waals surface area contributed by atoms with Crippen LogP contribution in [-0.4, -0.2) is 119 Å². The average Bonchev–Trinajstić information content (AvgIpc) is 3.89. The maximum Gasteiger partial charge on any atom is 0.324 e. The number of carbonyl (C=O) groups excluding carboxylic acids is 5. The Morgan fingerprint density at radius 1 is 1.03 bits per heavy atom. The molecule has 4 heterocycles. The summed E-state index contributed by atoms with van der Waals surface area (Å²) in [5.41, 5.74) is 10.4. The van der Waals surface area contributed by atoms with Gasteiger partial charge in [-0.2, -0.15) is 0 Å². The van der Waals surface area contributed by atoms with Crippen LogP contribution in [0.2, 0.25) is 0 Å². The molecule has 65 heavy (non-hydrogen) atoms. The first kappa shape index (κ1) is 47.2. The first-order valence-corrected chi connectivity index (χ1v) is 23.1. The van der Waals surface area contributed by atoms with E-state index in [1.165, 1.54) is 22.4 Å². The zero-order valence-electron chi connectivity index (χ0n) is 39.2. The second kappa shape index (κ2) is 19.8. The Bertz CT molecular complexity index is 2440. The van der Waals surface area contributed by atoms with Gasteiger partial charge in [-0.25, -0.2) is 5.43 Å². The lowest BCUT2D eigenvalue weighted by Crippen LogP contribution is -2.62. The van der Waals surface area contributed by atoms with Gasteiger partial charge in [0.25, 0.3) is 5.91 Å². The minimum Gasteiger partial charge on any atom is -0.508 e. The number of hydrazine groups is 1. The van der Waals surface area contributed by atoms with Gasteiger partial charge in [0, 0.05) is 75.6 Å². The Morgan fingerprint density at radius 2 is 1.80 bits per heavy atom. The first-order valence-electron chi connectivity index (χ1n) is 23.1. The second-order valence-corrected chi connectivity index (χ2v) is 19.2. The van der Waals surface area contributed by atoms with E-state index in [9.17, 15) is 29.1 Å². The van der Waals surface area contributed by atoms with E-state index in [1.54, 1.807) is 31.2 Å². The molecular formula is C51H66N6O8. The lowest BCUT2D eigenvalue weighted by Gasteiger charge is -2.37. The minimum atomic E-state index is -1.14. The van der Waals surface area contributed by atoms with Crippen LogP contribution in [0.25, 0.3) is 33.3 Å². The van der Waals surface area contributed by atoms with Gasteiger partial charge in [0.1, 0.15) is 23.9 Å². The van der Waals surface area contributed by atoms with Gasteiger partial charge in [-0.05, 0) is 97.0 Å². The van der Waals surface area contributed by atoms with Crippen molar-refractivity contribution in [3.05, 3.63) is 77.4 Å². The SMILES string of the molecule is CCn1c(-c2ccccc2CCOC)c2c3cc(ccc31)-c1cc(O)cc(c1)C[C@H](NC(=O)C(C(C)C)N(C)C(=O)[C@H]1CCN(C(C)=O)C1)C(=O)N1CCC[C@H](N1)C(=O)OCC(C)(C)C2. The molecule has 3 aliphatic heterocycles. The molecule has 14 heteroatoms. The van der Waals surface area contributed by atoms with Crippen molar-refractivity contribution >= 4 is 40.5 Å². The number of amides is 4. The first-order chi connectivity index (χ1) is 31.0. The van der Waals surface area contributed by atoms with Gasteiger partial charge in [-0.3, -0.25) is 29.0 Å². The van der Waals surface area contributed by atoms with Crippen molar-refractivity contribution in [1.82, 2.24) is 30.1 Å². The van der Waals surface area contributed by atoms with Crippen LogP contribution in [0.15, 0.2) is 60.7 Å². The summed E-state index contributed by atoms with van der Waals surface area (Å²) in [6.45, 7) is 14.0. The van der Waals surface area contributed by atoms with Gasteiger partial charge in [0.15, 0.2) is 0 Å². The number of phenols is 1. The van der Waals surface area contributed by atoms with Crippen molar-refractivity contribution in [2.75, 3.05) is 47.0 Å². The molecule has 1 aromatic heterocycles. The van der Waals surface area contributed by atoms with Crippen molar-refractivity contribution in [2.24, 2.45) is 17.3 Å². The quantitative estimate of drug-likeness (QED) is 0.165. The van der Waals surface area contributed by atoms with Crippen molar-refractivity contribution < 1.29 is 38.6 Å². The molecule has 3 N–H and O–H groups in total. The molecule has 0 radical (unpaired) electrons. The van der Waals surface area contributed by atoms with Gasteiger partial charge in [-0.15, -0.1) is 0 Å². The lowest BCUT2D eigenvalue weighted by molar-refractivity contribution is -0.155. The van der Waals surface area contributed by atoms with Crippen LogP contribution in [-0.2, 0) is 59.3 Å². The number of rotatable bonds is 10. The normalized spacial score (nSPS) is 20.7. The van der Waals surface area contributed by atoms with Gasteiger partial charge >= 0.3 is 5.97 Å². The van der Waals surface area contributed by atoms with Crippen LogP contribution in [0.3, 0.4) is 0 Å². The molecular weight excluding hydrogens is 825 g/mol. The van der Waals surface area contributed by atoms with Crippen LogP contribution in [0.5, 0.6) is 5.75 Å². The number of aromatic hydroxyl groups is 1. The van der Waals surface area contributed by atoms with Crippen LogP contribution < -0.4 is 10.7 Å². The highest BCUT2D eigenvalue weighted by Crippen LogP contribution is 2.41. The second-order valence-electron chi connectivity index (χ2n) is 19.2. The summed E-state index contributed by atoms with van der Waals surface area (Å²) < 4.78 is 14.0. The van der Waals surface area contributed by atoms with E-state index in [-0.39, 0.29) is 49.6 Å². The molecule has 4 atom stereocenters. The zero-order valence-corrected chi connectivity index (χ0v) is 39.2. The summed E-state index contributed by atoms with van der Waals surface area (Å²) in [5, 5.41) is 16.8. The number of ether oxygens (including phenoxy) is 2. The van der Waals surface area contributed by atoms with E-state index in [0.29, 0.717) is 50.9 Å². The molecule has 3 aromatic carbocycles. The van der Waals surface area contributed by atoms with Crippen molar-refractivity contribution in [3.63, 3.8) is 0 Å². The molecule has 2 fully saturated rings. The summed E-state index contributed by atoms with van der Waals surface area (Å²) in [6, 6.07) is 17.1. The fourth-order valence-corrected chi connectivity index (χ4v) is 10.1. The Kier molecular flexibility index (Phi) is 14.4. The largest absolute Gasteiger partial charge is 0.508 e. The molecule has 0 saturated carbocycles. The smallest absolute Gasteiger partial charge is 0.324 e. The van der Waals surface area contributed by atoms with Crippen LogP contribution in [0.4, 0.5) is 0 Å². The molecule has 0 aliphatic carbocycles. The average molecular weight is 891 g/mol. The van der Waals surface area contributed by atoms with Gasteiger partial charge in [0.05, 0.1) is 24.8 Å². The van der Waals surface area contributed by atoms with E-state index in [4.69, 9.17) is 9.47 Å². The monoisotopic (exact) mass is 890 g/mol. The van der Waals surface area contributed by atoms with E-state index in [2.05, 4.69) is 72.5 Å². The number of nitrogens with one attached hydrogen (secondary N) is 2. The number of likely N-dealkylation sites (tertiary alicyclic amines) is 1. The van der Waals surface area contributed by atoms with Crippen molar-refractivity contribution in [1.29, 1.82) is 0 Å². The molecule has 1 unspecified atom stereocenters. The summed E-state index contributed by atoms with van der Waals surface area (Å²) in [4.78, 5) is 72.1.